The highest BCUT2D eigenvalue weighted by molar-refractivity contribution is 5.86. The number of aryl methyl sites for hydroxylation is 2. The van der Waals surface area contributed by atoms with Crippen molar-refractivity contribution in [1.29, 1.82) is 0 Å². The molecule has 0 unspecified atom stereocenters. The Morgan fingerprint density at radius 3 is 2.88 bits per heavy atom. The van der Waals surface area contributed by atoms with Gasteiger partial charge in [-0.05, 0) is 50.3 Å². The van der Waals surface area contributed by atoms with Crippen LogP contribution in [0.1, 0.15) is 29.7 Å². The number of nitrogens with zero attached hydrogens (tertiary/aromatic N) is 1. The summed E-state index contributed by atoms with van der Waals surface area (Å²) in [5.41, 5.74) is 11.6. The predicted molar refractivity (Wildman–Crippen MR) is 72.4 cm³/mol. The molecule has 1 aliphatic carbocycles. The minimum Gasteiger partial charge on any atom is -0.343 e. The molecule has 0 fully saturated rings. The van der Waals surface area contributed by atoms with Gasteiger partial charge in [0.15, 0.2) is 0 Å². The van der Waals surface area contributed by atoms with Crippen LogP contribution in [-0.2, 0) is 19.4 Å². The van der Waals surface area contributed by atoms with Crippen LogP contribution in [0.25, 0.3) is 10.9 Å². The molecule has 2 nitrogen and oxygen atoms in total. The first kappa shape index (κ1) is 10.8. The van der Waals surface area contributed by atoms with Crippen molar-refractivity contribution in [2.24, 2.45) is 5.73 Å². The fourth-order valence-electron chi connectivity index (χ4n) is 3.13. The fraction of sp³-hybridized carbons (Fsp3) is 0.467. The number of aromatic nitrogens is 1. The highest BCUT2D eigenvalue weighted by Gasteiger charge is 2.19. The third-order valence-electron chi connectivity index (χ3n) is 3.89. The lowest BCUT2D eigenvalue weighted by Crippen LogP contribution is -2.14. The molecule has 2 aromatic rings. The standard InChI is InChI=1S/C15H20N2/c1-11-6-7-15-13(10-11)12-4-2-3-5-14(12)17(15)9-8-16/h6-7,10H,2-5,8-9,16H2,1H3. The van der Waals surface area contributed by atoms with Crippen LogP contribution in [0.2, 0.25) is 0 Å². The van der Waals surface area contributed by atoms with Crippen molar-refractivity contribution in [3.63, 3.8) is 0 Å². The van der Waals surface area contributed by atoms with Gasteiger partial charge in [-0.15, -0.1) is 0 Å². The summed E-state index contributed by atoms with van der Waals surface area (Å²) in [4.78, 5) is 0. The molecule has 1 aromatic heterocycles. The molecule has 2 heteroatoms. The third-order valence-corrected chi connectivity index (χ3v) is 3.89. The molecule has 90 valence electrons. The van der Waals surface area contributed by atoms with Gasteiger partial charge < -0.3 is 10.3 Å². The van der Waals surface area contributed by atoms with Gasteiger partial charge in [0.05, 0.1) is 0 Å². The third kappa shape index (κ3) is 1.67. The first-order valence-electron chi connectivity index (χ1n) is 6.62. The number of fused-ring (bicyclic) bond motifs is 3. The van der Waals surface area contributed by atoms with Crippen LogP contribution < -0.4 is 5.73 Å². The summed E-state index contributed by atoms with van der Waals surface area (Å²) >= 11 is 0. The number of hydrogen-bond donors (Lipinski definition) is 1. The Balaban J connectivity index is 2.29. The van der Waals surface area contributed by atoms with Crippen molar-refractivity contribution in [1.82, 2.24) is 4.57 Å². The summed E-state index contributed by atoms with van der Waals surface area (Å²) in [7, 11) is 0. The minimum atomic E-state index is 0.726. The van der Waals surface area contributed by atoms with Crippen LogP contribution in [0.15, 0.2) is 18.2 Å². The Bertz CT molecular complexity index is 552. The van der Waals surface area contributed by atoms with Crippen molar-refractivity contribution >= 4 is 10.9 Å². The van der Waals surface area contributed by atoms with Crippen molar-refractivity contribution in [3.05, 3.63) is 35.0 Å². The van der Waals surface area contributed by atoms with E-state index in [0.29, 0.717) is 0 Å². The molecule has 0 aliphatic heterocycles. The molecule has 3 rings (SSSR count). The Labute approximate surface area is 102 Å². The zero-order valence-electron chi connectivity index (χ0n) is 10.5. The van der Waals surface area contributed by atoms with Gasteiger partial charge in [0.25, 0.3) is 0 Å². The van der Waals surface area contributed by atoms with Crippen LogP contribution in [0.3, 0.4) is 0 Å². The molecule has 0 atom stereocenters. The highest BCUT2D eigenvalue weighted by atomic mass is 15.0. The van der Waals surface area contributed by atoms with Crippen LogP contribution in [-0.4, -0.2) is 11.1 Å². The zero-order valence-corrected chi connectivity index (χ0v) is 10.5. The SMILES string of the molecule is Cc1ccc2c(c1)c1c(n2CCN)CCCC1. The van der Waals surface area contributed by atoms with Gasteiger partial charge in [0.2, 0.25) is 0 Å². The first-order chi connectivity index (χ1) is 8.31. The van der Waals surface area contributed by atoms with Crippen molar-refractivity contribution in [3.8, 4) is 0 Å². The van der Waals surface area contributed by atoms with E-state index in [2.05, 4.69) is 29.7 Å². The van der Waals surface area contributed by atoms with Crippen molar-refractivity contribution < 1.29 is 0 Å². The van der Waals surface area contributed by atoms with Gasteiger partial charge in [0.1, 0.15) is 0 Å². The van der Waals surface area contributed by atoms with Crippen LogP contribution in [0.5, 0.6) is 0 Å². The smallest absolute Gasteiger partial charge is 0.0486 e. The molecular formula is C15H20N2. The van der Waals surface area contributed by atoms with E-state index in [0.717, 1.165) is 13.1 Å². The summed E-state index contributed by atoms with van der Waals surface area (Å²) in [6.45, 7) is 3.86. The molecule has 0 amide bonds. The van der Waals surface area contributed by atoms with E-state index in [1.165, 1.54) is 42.1 Å². The molecule has 0 radical (unpaired) electrons. The second-order valence-electron chi connectivity index (χ2n) is 5.09. The lowest BCUT2D eigenvalue weighted by Gasteiger charge is -2.15. The zero-order chi connectivity index (χ0) is 11.8. The lowest BCUT2D eigenvalue weighted by molar-refractivity contribution is 0.617. The van der Waals surface area contributed by atoms with Gasteiger partial charge in [-0.3, -0.25) is 0 Å². The van der Waals surface area contributed by atoms with Crippen LogP contribution in [0.4, 0.5) is 0 Å². The summed E-state index contributed by atoms with van der Waals surface area (Å²) in [6.07, 6.45) is 5.13. The molecule has 0 bridgehead atoms. The van der Waals surface area contributed by atoms with E-state index in [1.54, 1.807) is 11.3 Å². The van der Waals surface area contributed by atoms with E-state index in [9.17, 15) is 0 Å². The van der Waals surface area contributed by atoms with E-state index >= 15 is 0 Å². The second-order valence-corrected chi connectivity index (χ2v) is 5.09. The lowest BCUT2D eigenvalue weighted by atomic mass is 9.95. The van der Waals surface area contributed by atoms with Gasteiger partial charge in [-0.25, -0.2) is 0 Å². The molecule has 0 saturated carbocycles. The van der Waals surface area contributed by atoms with Crippen LogP contribution in [0, 0.1) is 6.92 Å². The molecular weight excluding hydrogens is 208 g/mol. The Morgan fingerprint density at radius 1 is 1.24 bits per heavy atom. The first-order valence-corrected chi connectivity index (χ1v) is 6.62. The fourth-order valence-corrected chi connectivity index (χ4v) is 3.13. The van der Waals surface area contributed by atoms with Gasteiger partial charge in [0, 0.05) is 29.7 Å². The summed E-state index contributed by atoms with van der Waals surface area (Å²) in [5.74, 6) is 0. The largest absolute Gasteiger partial charge is 0.343 e. The Hall–Kier alpha value is -1.28. The average molecular weight is 228 g/mol. The summed E-state index contributed by atoms with van der Waals surface area (Å²) in [5, 5.41) is 1.47. The minimum absolute atomic E-state index is 0.726. The predicted octanol–water partition coefficient (Wildman–Crippen LogP) is 2.79. The maximum Gasteiger partial charge on any atom is 0.0486 e. The summed E-state index contributed by atoms with van der Waals surface area (Å²) in [6, 6.07) is 6.81. The maximum atomic E-state index is 5.75. The van der Waals surface area contributed by atoms with E-state index in [1.807, 2.05) is 0 Å². The molecule has 17 heavy (non-hydrogen) atoms. The van der Waals surface area contributed by atoms with Crippen molar-refractivity contribution in [2.45, 2.75) is 39.2 Å². The second kappa shape index (κ2) is 4.19. The molecule has 1 heterocycles. The molecule has 0 spiro atoms. The van der Waals surface area contributed by atoms with E-state index in [4.69, 9.17) is 5.73 Å². The topological polar surface area (TPSA) is 30.9 Å². The van der Waals surface area contributed by atoms with Crippen molar-refractivity contribution in [2.75, 3.05) is 6.54 Å². The van der Waals surface area contributed by atoms with Crippen LogP contribution >= 0.6 is 0 Å². The Kier molecular flexibility index (Phi) is 2.67. The monoisotopic (exact) mass is 228 g/mol. The number of rotatable bonds is 2. The summed E-state index contributed by atoms with van der Waals surface area (Å²) < 4.78 is 2.45. The van der Waals surface area contributed by atoms with E-state index < -0.39 is 0 Å². The van der Waals surface area contributed by atoms with Gasteiger partial charge in [-0.2, -0.15) is 0 Å². The van der Waals surface area contributed by atoms with Gasteiger partial charge >= 0.3 is 0 Å². The normalized spacial score (nSPS) is 15.2. The number of benzene rings is 1. The quantitative estimate of drug-likeness (QED) is 0.842. The Morgan fingerprint density at radius 2 is 2.06 bits per heavy atom. The number of nitrogens with two attached hydrogens (primary N) is 1. The molecule has 1 aromatic carbocycles. The highest BCUT2D eigenvalue weighted by Crippen LogP contribution is 2.32. The molecule has 0 saturated heterocycles. The number of hydrogen-bond acceptors (Lipinski definition) is 1. The molecule has 2 N–H and O–H groups in total. The maximum absolute atomic E-state index is 5.75. The average Bonchev–Trinajstić information content (AvgIpc) is 2.65. The van der Waals surface area contributed by atoms with Gasteiger partial charge in [-0.1, -0.05) is 11.6 Å². The van der Waals surface area contributed by atoms with E-state index in [-0.39, 0.29) is 0 Å². The molecule has 1 aliphatic rings.